The maximum absolute atomic E-state index is 10.7. The van der Waals surface area contributed by atoms with E-state index in [4.69, 9.17) is 12.2 Å². The lowest BCUT2D eigenvalue weighted by Crippen LogP contribution is -2.32. The van der Waals surface area contributed by atoms with E-state index in [9.17, 15) is 20.0 Å². The molecule has 0 aromatic heterocycles. The molecule has 0 radical (unpaired) electrons. The van der Waals surface area contributed by atoms with Crippen molar-refractivity contribution >= 4 is 34.6 Å². The van der Waals surface area contributed by atoms with Crippen LogP contribution in [0, 0.1) is 10.1 Å². The number of nitro benzene ring substituents is 1. The third-order valence-electron chi connectivity index (χ3n) is 1.73. The van der Waals surface area contributed by atoms with E-state index in [2.05, 4.69) is 10.6 Å². The fourth-order valence-electron chi connectivity index (χ4n) is 1.05. The molecule has 0 aliphatic heterocycles. The van der Waals surface area contributed by atoms with Gasteiger partial charge in [0.2, 0.25) is 5.91 Å². The highest BCUT2D eigenvalue weighted by Crippen LogP contribution is 2.27. The summed E-state index contributed by atoms with van der Waals surface area (Å²) in [6.45, 7) is 1.27. The molecule has 1 rings (SSSR count). The topological polar surface area (TPSA) is 104 Å². The quantitative estimate of drug-likeness (QED) is 0.317. The molecule has 0 atom stereocenters. The lowest BCUT2D eigenvalue weighted by Gasteiger charge is -2.09. The normalized spacial score (nSPS) is 9.47. The van der Waals surface area contributed by atoms with Crippen LogP contribution in [-0.2, 0) is 4.79 Å². The SMILES string of the molecule is CC(=O)NC(=S)Nc1cc([N+](=O)[O-])ccc1O. The molecule has 0 bridgehead atoms. The zero-order valence-corrected chi connectivity index (χ0v) is 9.58. The van der Waals surface area contributed by atoms with Gasteiger partial charge in [-0.3, -0.25) is 14.9 Å². The predicted octanol–water partition coefficient (Wildman–Crippen LogP) is 1.13. The van der Waals surface area contributed by atoms with E-state index in [-0.39, 0.29) is 28.1 Å². The van der Waals surface area contributed by atoms with Crippen LogP contribution in [0.3, 0.4) is 0 Å². The number of non-ortho nitro benzene ring substituents is 1. The molecule has 0 fully saturated rings. The Balaban J connectivity index is 2.90. The summed E-state index contributed by atoms with van der Waals surface area (Å²) in [6, 6.07) is 3.43. The van der Waals surface area contributed by atoms with Gasteiger partial charge in [0.05, 0.1) is 10.6 Å². The van der Waals surface area contributed by atoms with Crippen molar-refractivity contribution in [3.8, 4) is 5.75 Å². The second kappa shape index (κ2) is 5.21. The lowest BCUT2D eigenvalue weighted by molar-refractivity contribution is -0.384. The van der Waals surface area contributed by atoms with Crippen LogP contribution in [0.15, 0.2) is 18.2 Å². The van der Waals surface area contributed by atoms with Gasteiger partial charge in [0.15, 0.2) is 5.11 Å². The van der Waals surface area contributed by atoms with Crippen molar-refractivity contribution in [2.24, 2.45) is 0 Å². The maximum Gasteiger partial charge on any atom is 0.271 e. The van der Waals surface area contributed by atoms with Crippen LogP contribution in [0.1, 0.15) is 6.92 Å². The minimum absolute atomic E-state index is 0.0479. The number of aromatic hydroxyl groups is 1. The van der Waals surface area contributed by atoms with Gasteiger partial charge in [0, 0.05) is 19.1 Å². The van der Waals surface area contributed by atoms with Gasteiger partial charge in [-0.05, 0) is 18.3 Å². The summed E-state index contributed by atoms with van der Waals surface area (Å²) < 4.78 is 0. The van der Waals surface area contributed by atoms with Gasteiger partial charge in [0.25, 0.3) is 5.69 Å². The molecule has 0 saturated carbocycles. The van der Waals surface area contributed by atoms with Crippen molar-refractivity contribution in [1.29, 1.82) is 0 Å². The Morgan fingerprint density at radius 1 is 1.53 bits per heavy atom. The number of benzene rings is 1. The largest absolute Gasteiger partial charge is 0.506 e. The highest BCUT2D eigenvalue weighted by molar-refractivity contribution is 7.80. The van der Waals surface area contributed by atoms with Crippen LogP contribution in [0.2, 0.25) is 0 Å². The van der Waals surface area contributed by atoms with Crippen LogP contribution in [0.5, 0.6) is 5.75 Å². The molecule has 0 unspecified atom stereocenters. The number of amides is 1. The minimum Gasteiger partial charge on any atom is -0.506 e. The molecule has 0 aliphatic rings. The molecule has 7 nitrogen and oxygen atoms in total. The molecule has 8 heteroatoms. The molecule has 17 heavy (non-hydrogen) atoms. The number of carbonyl (C=O) groups is 1. The number of carbonyl (C=O) groups excluding carboxylic acids is 1. The van der Waals surface area contributed by atoms with Crippen molar-refractivity contribution in [2.45, 2.75) is 6.92 Å². The fourth-order valence-corrected chi connectivity index (χ4v) is 1.30. The first-order chi connectivity index (χ1) is 7.90. The number of hydrogen-bond acceptors (Lipinski definition) is 5. The number of nitro groups is 1. The predicted molar refractivity (Wildman–Crippen MR) is 64.8 cm³/mol. The van der Waals surface area contributed by atoms with Gasteiger partial charge in [-0.2, -0.15) is 0 Å². The third kappa shape index (κ3) is 3.68. The van der Waals surface area contributed by atoms with Crippen molar-refractivity contribution in [2.75, 3.05) is 5.32 Å². The number of anilines is 1. The van der Waals surface area contributed by atoms with Gasteiger partial charge in [-0.1, -0.05) is 0 Å². The third-order valence-corrected chi connectivity index (χ3v) is 1.93. The summed E-state index contributed by atoms with van der Waals surface area (Å²) in [7, 11) is 0. The van der Waals surface area contributed by atoms with E-state index in [1.165, 1.54) is 6.92 Å². The Kier molecular flexibility index (Phi) is 3.94. The number of nitrogens with one attached hydrogen (secondary N) is 2. The Labute approximate surface area is 102 Å². The highest BCUT2D eigenvalue weighted by Gasteiger charge is 2.11. The fraction of sp³-hybridized carbons (Fsp3) is 0.111. The summed E-state index contributed by atoms with van der Waals surface area (Å²) >= 11 is 4.76. The molecular weight excluding hydrogens is 246 g/mol. The standard InChI is InChI=1S/C9H9N3O4S/c1-5(13)10-9(17)11-7-4-6(12(15)16)2-3-8(7)14/h2-4,14H,1H3,(H2,10,11,13,17). The number of phenols is 1. The van der Waals surface area contributed by atoms with Crippen molar-refractivity contribution in [1.82, 2.24) is 5.32 Å². The lowest BCUT2D eigenvalue weighted by atomic mass is 10.2. The van der Waals surface area contributed by atoms with Gasteiger partial charge in [-0.15, -0.1) is 0 Å². The number of phenolic OH excluding ortho intramolecular Hbond substituents is 1. The average Bonchev–Trinajstić information content (AvgIpc) is 2.19. The van der Waals surface area contributed by atoms with E-state index in [0.29, 0.717) is 0 Å². The monoisotopic (exact) mass is 255 g/mol. The summed E-state index contributed by atoms with van der Waals surface area (Å²) in [5.41, 5.74) is -0.145. The second-order valence-corrected chi connectivity index (χ2v) is 3.50. The van der Waals surface area contributed by atoms with E-state index in [1.807, 2.05) is 0 Å². The first-order valence-corrected chi connectivity index (χ1v) is 4.87. The van der Waals surface area contributed by atoms with Gasteiger partial charge >= 0.3 is 0 Å². The van der Waals surface area contributed by atoms with Crippen LogP contribution < -0.4 is 10.6 Å². The molecule has 1 amide bonds. The number of rotatable bonds is 2. The molecule has 0 heterocycles. The average molecular weight is 255 g/mol. The summed E-state index contributed by atoms with van der Waals surface area (Å²) in [4.78, 5) is 20.6. The van der Waals surface area contributed by atoms with E-state index >= 15 is 0 Å². The first kappa shape index (κ1) is 12.8. The minimum atomic E-state index is -0.605. The van der Waals surface area contributed by atoms with Gasteiger partial charge < -0.3 is 15.7 Å². The Bertz CT molecular complexity index is 489. The van der Waals surface area contributed by atoms with Crippen LogP contribution >= 0.6 is 12.2 Å². The zero-order chi connectivity index (χ0) is 13.0. The Morgan fingerprint density at radius 2 is 2.18 bits per heavy atom. The van der Waals surface area contributed by atoms with Gasteiger partial charge in [0.1, 0.15) is 5.75 Å². The number of hydrogen-bond donors (Lipinski definition) is 3. The van der Waals surface area contributed by atoms with Crippen LogP contribution in [-0.4, -0.2) is 21.0 Å². The highest BCUT2D eigenvalue weighted by atomic mass is 32.1. The molecule has 1 aromatic rings. The Morgan fingerprint density at radius 3 is 2.71 bits per heavy atom. The van der Waals surface area contributed by atoms with E-state index in [1.54, 1.807) is 0 Å². The van der Waals surface area contributed by atoms with Gasteiger partial charge in [-0.25, -0.2) is 0 Å². The summed E-state index contributed by atoms with van der Waals surface area (Å²) in [5, 5.41) is 24.7. The maximum atomic E-state index is 10.7. The molecule has 0 saturated heterocycles. The molecule has 90 valence electrons. The van der Waals surface area contributed by atoms with Crippen molar-refractivity contribution < 1.29 is 14.8 Å². The Hall–Kier alpha value is -2.22. The van der Waals surface area contributed by atoms with Crippen LogP contribution in [0.4, 0.5) is 11.4 Å². The number of nitrogens with zero attached hydrogens (tertiary/aromatic N) is 1. The second-order valence-electron chi connectivity index (χ2n) is 3.09. The van der Waals surface area contributed by atoms with E-state index < -0.39 is 4.92 Å². The van der Waals surface area contributed by atoms with Crippen LogP contribution in [0.25, 0.3) is 0 Å². The summed E-state index contributed by atoms with van der Waals surface area (Å²) in [6.07, 6.45) is 0. The molecule has 0 spiro atoms. The molecule has 1 aromatic carbocycles. The molecule has 3 N–H and O–H groups in total. The summed E-state index contributed by atoms with van der Waals surface area (Å²) in [5.74, 6) is -0.587. The molecular formula is C9H9N3O4S. The van der Waals surface area contributed by atoms with Crippen molar-refractivity contribution in [3.63, 3.8) is 0 Å². The smallest absolute Gasteiger partial charge is 0.271 e. The molecule has 0 aliphatic carbocycles. The first-order valence-electron chi connectivity index (χ1n) is 4.46. The van der Waals surface area contributed by atoms with Crippen molar-refractivity contribution in [3.05, 3.63) is 28.3 Å². The zero-order valence-electron chi connectivity index (χ0n) is 8.76. The van der Waals surface area contributed by atoms with E-state index in [0.717, 1.165) is 18.2 Å². The number of thiocarbonyl (C=S) groups is 1.